The van der Waals surface area contributed by atoms with Crippen molar-refractivity contribution in [3.8, 4) is 0 Å². The maximum atomic E-state index is 10.3. The summed E-state index contributed by atoms with van der Waals surface area (Å²) >= 11 is 0. The first-order chi connectivity index (χ1) is 6.43. The van der Waals surface area contributed by atoms with Gasteiger partial charge in [0.15, 0.2) is 0 Å². The first-order valence-electron chi connectivity index (χ1n) is 4.28. The van der Waals surface area contributed by atoms with E-state index in [1.165, 1.54) is 0 Å². The van der Waals surface area contributed by atoms with Gasteiger partial charge in [-0.3, -0.25) is 0 Å². The SMILES string of the molecule is CC(C)C(COC(N)=O)COC(N)=O. The Balaban J connectivity index is 3.89. The summed E-state index contributed by atoms with van der Waals surface area (Å²) in [6.07, 6.45) is -1.68. The van der Waals surface area contributed by atoms with Crippen molar-refractivity contribution in [2.45, 2.75) is 13.8 Å². The van der Waals surface area contributed by atoms with Crippen LogP contribution in [-0.2, 0) is 9.47 Å². The lowest BCUT2D eigenvalue weighted by molar-refractivity contribution is 0.0764. The van der Waals surface area contributed by atoms with Gasteiger partial charge in [-0.15, -0.1) is 0 Å². The molecular weight excluding hydrogens is 188 g/mol. The Morgan fingerprint density at radius 3 is 1.64 bits per heavy atom. The van der Waals surface area contributed by atoms with E-state index in [9.17, 15) is 9.59 Å². The van der Waals surface area contributed by atoms with Crippen LogP contribution in [0.25, 0.3) is 0 Å². The van der Waals surface area contributed by atoms with Crippen LogP contribution in [0.1, 0.15) is 13.8 Å². The van der Waals surface area contributed by atoms with Crippen LogP contribution in [0.4, 0.5) is 9.59 Å². The lowest BCUT2D eigenvalue weighted by atomic mass is 9.98. The zero-order valence-electron chi connectivity index (χ0n) is 8.36. The summed E-state index contributed by atoms with van der Waals surface area (Å²) < 4.78 is 9.21. The third-order valence-electron chi connectivity index (χ3n) is 1.82. The van der Waals surface area contributed by atoms with Crippen LogP contribution < -0.4 is 11.5 Å². The number of carbonyl (C=O) groups is 2. The highest BCUT2D eigenvalue weighted by Crippen LogP contribution is 2.11. The largest absolute Gasteiger partial charge is 0.449 e. The van der Waals surface area contributed by atoms with Crippen LogP contribution in [0.3, 0.4) is 0 Å². The van der Waals surface area contributed by atoms with Crippen molar-refractivity contribution >= 4 is 12.2 Å². The smallest absolute Gasteiger partial charge is 0.404 e. The van der Waals surface area contributed by atoms with Gasteiger partial charge in [0, 0.05) is 5.92 Å². The van der Waals surface area contributed by atoms with Gasteiger partial charge >= 0.3 is 12.2 Å². The normalized spacial score (nSPS) is 10.3. The molecule has 2 amide bonds. The second-order valence-electron chi connectivity index (χ2n) is 3.26. The third-order valence-corrected chi connectivity index (χ3v) is 1.82. The molecule has 14 heavy (non-hydrogen) atoms. The maximum absolute atomic E-state index is 10.3. The minimum atomic E-state index is -0.838. The van der Waals surface area contributed by atoms with Crippen molar-refractivity contribution in [2.24, 2.45) is 23.3 Å². The molecule has 0 unspecified atom stereocenters. The predicted octanol–water partition coefficient (Wildman–Crippen LogP) is 0.449. The molecule has 0 heterocycles. The van der Waals surface area contributed by atoms with E-state index in [0.29, 0.717) is 0 Å². The fourth-order valence-corrected chi connectivity index (χ4v) is 0.811. The molecule has 0 aliphatic carbocycles. The zero-order chi connectivity index (χ0) is 11.1. The van der Waals surface area contributed by atoms with Gasteiger partial charge in [-0.25, -0.2) is 9.59 Å². The number of rotatable bonds is 5. The molecule has 0 aromatic rings. The van der Waals surface area contributed by atoms with E-state index in [1.807, 2.05) is 13.8 Å². The van der Waals surface area contributed by atoms with Gasteiger partial charge in [0.05, 0.1) is 13.2 Å². The van der Waals surface area contributed by atoms with E-state index in [1.54, 1.807) is 0 Å². The fourth-order valence-electron chi connectivity index (χ4n) is 0.811. The van der Waals surface area contributed by atoms with E-state index in [4.69, 9.17) is 11.5 Å². The van der Waals surface area contributed by atoms with Gasteiger partial charge in [-0.2, -0.15) is 0 Å². The molecule has 6 heteroatoms. The number of carbonyl (C=O) groups excluding carboxylic acids is 2. The molecule has 4 N–H and O–H groups in total. The molecule has 0 fully saturated rings. The second-order valence-corrected chi connectivity index (χ2v) is 3.26. The molecule has 0 aromatic heterocycles. The molecule has 0 aliphatic heterocycles. The summed E-state index contributed by atoms with van der Waals surface area (Å²) in [4.78, 5) is 20.7. The van der Waals surface area contributed by atoms with Crippen LogP contribution in [0, 0.1) is 11.8 Å². The van der Waals surface area contributed by atoms with Gasteiger partial charge in [0.25, 0.3) is 0 Å². The van der Waals surface area contributed by atoms with E-state index < -0.39 is 12.2 Å². The molecule has 0 rings (SSSR count). The van der Waals surface area contributed by atoms with Crippen molar-refractivity contribution in [1.29, 1.82) is 0 Å². The summed E-state index contributed by atoms with van der Waals surface area (Å²) in [6, 6.07) is 0. The molecule has 0 atom stereocenters. The molecule has 0 bridgehead atoms. The van der Waals surface area contributed by atoms with Crippen LogP contribution in [0.2, 0.25) is 0 Å². The Morgan fingerprint density at radius 2 is 1.43 bits per heavy atom. The number of hydrogen-bond acceptors (Lipinski definition) is 4. The predicted molar refractivity (Wildman–Crippen MR) is 49.4 cm³/mol. The van der Waals surface area contributed by atoms with Crippen LogP contribution in [0.15, 0.2) is 0 Å². The second kappa shape index (κ2) is 6.06. The van der Waals surface area contributed by atoms with Gasteiger partial charge in [0.1, 0.15) is 0 Å². The van der Waals surface area contributed by atoms with E-state index in [2.05, 4.69) is 9.47 Å². The fraction of sp³-hybridized carbons (Fsp3) is 0.750. The minimum Gasteiger partial charge on any atom is -0.449 e. The Morgan fingerprint density at radius 1 is 1.07 bits per heavy atom. The maximum Gasteiger partial charge on any atom is 0.404 e. The lowest BCUT2D eigenvalue weighted by Crippen LogP contribution is -2.28. The van der Waals surface area contributed by atoms with Crippen LogP contribution in [-0.4, -0.2) is 25.4 Å². The molecule has 82 valence electrons. The Bertz CT molecular complexity index is 188. The standard InChI is InChI=1S/C8H16N2O4/c1-5(2)6(3-13-7(9)11)4-14-8(10)12/h5-6H,3-4H2,1-2H3,(H2,9,11)(H2,10,12). The number of hydrogen-bond donors (Lipinski definition) is 2. The molecular formula is C8H16N2O4. The summed E-state index contributed by atoms with van der Waals surface area (Å²) in [5, 5.41) is 0. The van der Waals surface area contributed by atoms with Crippen molar-refractivity contribution in [2.75, 3.05) is 13.2 Å². The van der Waals surface area contributed by atoms with E-state index >= 15 is 0 Å². The lowest BCUT2D eigenvalue weighted by Gasteiger charge is -2.19. The van der Waals surface area contributed by atoms with Gasteiger partial charge in [0.2, 0.25) is 0 Å². The number of ether oxygens (including phenoxy) is 2. The van der Waals surface area contributed by atoms with Crippen molar-refractivity contribution in [1.82, 2.24) is 0 Å². The summed E-state index contributed by atoms with van der Waals surface area (Å²) in [7, 11) is 0. The average Bonchev–Trinajstić information content (AvgIpc) is 2.02. The van der Waals surface area contributed by atoms with Crippen LogP contribution in [0.5, 0.6) is 0 Å². The van der Waals surface area contributed by atoms with Crippen molar-refractivity contribution < 1.29 is 19.1 Å². The summed E-state index contributed by atoms with van der Waals surface area (Å²) in [5.74, 6) is 0.115. The van der Waals surface area contributed by atoms with Crippen LogP contribution >= 0.6 is 0 Å². The highest BCUT2D eigenvalue weighted by molar-refractivity contribution is 5.65. The topological polar surface area (TPSA) is 105 Å². The summed E-state index contributed by atoms with van der Waals surface area (Å²) in [6.45, 7) is 4.08. The Kier molecular flexibility index (Phi) is 5.43. The highest BCUT2D eigenvalue weighted by atomic mass is 16.6. The molecule has 0 aromatic carbocycles. The van der Waals surface area contributed by atoms with Gasteiger partial charge in [-0.05, 0) is 5.92 Å². The third kappa shape index (κ3) is 6.10. The molecule has 0 radical (unpaired) electrons. The molecule has 6 nitrogen and oxygen atoms in total. The Hall–Kier alpha value is -1.46. The van der Waals surface area contributed by atoms with Gasteiger partial charge < -0.3 is 20.9 Å². The van der Waals surface area contributed by atoms with E-state index in [-0.39, 0.29) is 25.0 Å². The van der Waals surface area contributed by atoms with Crippen molar-refractivity contribution in [3.63, 3.8) is 0 Å². The minimum absolute atomic E-state index is 0.0880. The number of nitrogens with two attached hydrogens (primary N) is 2. The molecule has 0 aliphatic rings. The molecule has 0 saturated heterocycles. The highest BCUT2D eigenvalue weighted by Gasteiger charge is 2.16. The number of amides is 2. The van der Waals surface area contributed by atoms with E-state index in [0.717, 1.165) is 0 Å². The monoisotopic (exact) mass is 204 g/mol. The first kappa shape index (κ1) is 12.5. The van der Waals surface area contributed by atoms with Crippen molar-refractivity contribution in [3.05, 3.63) is 0 Å². The first-order valence-corrected chi connectivity index (χ1v) is 4.28. The number of primary amides is 2. The zero-order valence-corrected chi connectivity index (χ0v) is 8.36. The summed E-state index contributed by atoms with van der Waals surface area (Å²) in [5.41, 5.74) is 9.61. The van der Waals surface area contributed by atoms with Gasteiger partial charge in [-0.1, -0.05) is 13.8 Å². The Labute approximate surface area is 82.5 Å². The quantitative estimate of drug-likeness (QED) is 0.678. The molecule has 0 spiro atoms. The molecule has 0 saturated carbocycles. The average molecular weight is 204 g/mol.